The largest absolute Gasteiger partial charge is 0.339 e. The van der Waals surface area contributed by atoms with Crippen LogP contribution in [0, 0.1) is 0 Å². The monoisotopic (exact) mass is 265 g/mol. The number of aromatic nitrogens is 3. The predicted molar refractivity (Wildman–Crippen MR) is 72.5 cm³/mol. The quantitative estimate of drug-likeness (QED) is 0.820. The second-order valence-corrected chi connectivity index (χ2v) is 5.35. The van der Waals surface area contributed by atoms with Crippen LogP contribution in [0.1, 0.15) is 33.1 Å². The summed E-state index contributed by atoms with van der Waals surface area (Å²) >= 11 is 0. The van der Waals surface area contributed by atoms with Crippen molar-refractivity contribution in [1.82, 2.24) is 25.2 Å². The van der Waals surface area contributed by atoms with Crippen LogP contribution in [0.25, 0.3) is 0 Å². The Morgan fingerprint density at radius 2 is 2.42 bits per heavy atom. The number of nitrogens with zero attached hydrogens (tertiary/aromatic N) is 4. The van der Waals surface area contributed by atoms with Crippen molar-refractivity contribution in [3.63, 3.8) is 0 Å². The Labute approximate surface area is 114 Å². The molecule has 0 aromatic carbocycles. The van der Waals surface area contributed by atoms with Gasteiger partial charge in [-0.25, -0.2) is 0 Å². The number of carbonyl (C=O) groups excluding carboxylic acids is 1. The van der Waals surface area contributed by atoms with Crippen LogP contribution >= 0.6 is 0 Å². The van der Waals surface area contributed by atoms with Gasteiger partial charge in [0, 0.05) is 31.2 Å². The molecule has 6 nitrogen and oxygen atoms in total. The third-order valence-corrected chi connectivity index (χ3v) is 3.55. The molecule has 1 atom stereocenters. The average Bonchev–Trinajstić information content (AvgIpc) is 3.05. The first-order valence-corrected chi connectivity index (χ1v) is 7.04. The molecule has 2 heterocycles. The van der Waals surface area contributed by atoms with Crippen molar-refractivity contribution in [3.8, 4) is 0 Å². The summed E-state index contributed by atoms with van der Waals surface area (Å²) in [5.41, 5.74) is 0. The van der Waals surface area contributed by atoms with Crippen LogP contribution in [-0.2, 0) is 11.3 Å². The van der Waals surface area contributed by atoms with Crippen molar-refractivity contribution >= 4 is 5.91 Å². The molecule has 1 saturated heterocycles. The fourth-order valence-corrected chi connectivity index (χ4v) is 2.46. The Morgan fingerprint density at radius 3 is 3.00 bits per heavy atom. The standard InChI is InChI=1S/C13H23N5O/c1-11(2)18(10-12-4-3-6-14-12)13(19)5-8-17-9-7-15-16-17/h7,9,11-12,14H,3-6,8,10H2,1-2H3. The van der Waals surface area contributed by atoms with Gasteiger partial charge in [-0.15, -0.1) is 5.10 Å². The maximum Gasteiger partial charge on any atom is 0.224 e. The number of nitrogens with one attached hydrogen (secondary N) is 1. The lowest BCUT2D eigenvalue weighted by Crippen LogP contribution is -2.45. The van der Waals surface area contributed by atoms with E-state index < -0.39 is 0 Å². The van der Waals surface area contributed by atoms with Gasteiger partial charge >= 0.3 is 0 Å². The molecule has 1 amide bonds. The van der Waals surface area contributed by atoms with Crippen LogP contribution in [0.2, 0.25) is 0 Å². The molecule has 0 spiro atoms. The van der Waals surface area contributed by atoms with Crippen LogP contribution in [0.4, 0.5) is 0 Å². The van der Waals surface area contributed by atoms with Gasteiger partial charge in [-0.1, -0.05) is 5.21 Å². The van der Waals surface area contributed by atoms with Crippen molar-refractivity contribution in [2.75, 3.05) is 13.1 Å². The van der Waals surface area contributed by atoms with Crippen molar-refractivity contribution in [2.24, 2.45) is 0 Å². The topological polar surface area (TPSA) is 63.1 Å². The van der Waals surface area contributed by atoms with Crippen LogP contribution in [0.5, 0.6) is 0 Å². The second-order valence-electron chi connectivity index (χ2n) is 5.35. The number of rotatable bonds is 6. The lowest BCUT2D eigenvalue weighted by Gasteiger charge is -2.29. The maximum absolute atomic E-state index is 12.3. The van der Waals surface area contributed by atoms with E-state index in [0.717, 1.165) is 13.1 Å². The van der Waals surface area contributed by atoms with Crippen molar-refractivity contribution in [2.45, 2.75) is 51.7 Å². The van der Waals surface area contributed by atoms with E-state index in [1.165, 1.54) is 12.8 Å². The fourth-order valence-electron chi connectivity index (χ4n) is 2.46. The zero-order valence-electron chi connectivity index (χ0n) is 11.7. The average molecular weight is 265 g/mol. The van der Waals surface area contributed by atoms with E-state index in [0.29, 0.717) is 19.0 Å². The van der Waals surface area contributed by atoms with Gasteiger partial charge in [0.1, 0.15) is 0 Å². The Kier molecular flexibility index (Phi) is 4.90. The first kappa shape index (κ1) is 14.0. The summed E-state index contributed by atoms with van der Waals surface area (Å²) < 4.78 is 1.70. The maximum atomic E-state index is 12.3. The van der Waals surface area contributed by atoms with Crippen molar-refractivity contribution in [1.29, 1.82) is 0 Å². The van der Waals surface area contributed by atoms with Crippen LogP contribution in [-0.4, -0.2) is 51.0 Å². The Balaban J connectivity index is 1.84. The minimum Gasteiger partial charge on any atom is -0.339 e. The number of hydrogen-bond acceptors (Lipinski definition) is 4. The highest BCUT2D eigenvalue weighted by Gasteiger charge is 2.23. The van der Waals surface area contributed by atoms with E-state index in [9.17, 15) is 4.79 Å². The summed E-state index contributed by atoms with van der Waals surface area (Å²) in [7, 11) is 0. The predicted octanol–water partition coefficient (Wildman–Crippen LogP) is 0.657. The highest BCUT2D eigenvalue weighted by molar-refractivity contribution is 5.76. The first-order valence-electron chi connectivity index (χ1n) is 7.04. The molecule has 1 fully saturated rings. The molecule has 19 heavy (non-hydrogen) atoms. The molecular formula is C13H23N5O. The molecule has 0 saturated carbocycles. The van der Waals surface area contributed by atoms with Gasteiger partial charge in [0.05, 0.1) is 12.7 Å². The van der Waals surface area contributed by atoms with E-state index in [1.54, 1.807) is 17.1 Å². The third kappa shape index (κ3) is 4.02. The molecule has 1 aliphatic heterocycles. The highest BCUT2D eigenvalue weighted by atomic mass is 16.2. The van der Waals surface area contributed by atoms with Crippen LogP contribution in [0.3, 0.4) is 0 Å². The zero-order chi connectivity index (χ0) is 13.7. The summed E-state index contributed by atoms with van der Waals surface area (Å²) in [4.78, 5) is 14.3. The van der Waals surface area contributed by atoms with Crippen LogP contribution in [0.15, 0.2) is 12.4 Å². The molecule has 0 radical (unpaired) electrons. The Hall–Kier alpha value is -1.43. The smallest absolute Gasteiger partial charge is 0.224 e. The van der Waals surface area contributed by atoms with E-state index in [4.69, 9.17) is 0 Å². The molecule has 0 bridgehead atoms. The third-order valence-electron chi connectivity index (χ3n) is 3.55. The molecule has 0 aliphatic carbocycles. The number of aryl methyl sites for hydroxylation is 1. The van der Waals surface area contributed by atoms with E-state index in [2.05, 4.69) is 29.5 Å². The molecule has 1 aromatic heterocycles. The molecule has 1 aromatic rings. The van der Waals surface area contributed by atoms with Gasteiger partial charge in [0.2, 0.25) is 5.91 Å². The second kappa shape index (κ2) is 6.65. The first-order chi connectivity index (χ1) is 9.16. The molecular weight excluding hydrogens is 242 g/mol. The normalized spacial score (nSPS) is 19.0. The lowest BCUT2D eigenvalue weighted by atomic mass is 10.1. The SMILES string of the molecule is CC(C)N(CC1CCCN1)C(=O)CCn1ccnn1. The summed E-state index contributed by atoms with van der Waals surface area (Å²) in [5.74, 6) is 0.194. The highest BCUT2D eigenvalue weighted by Crippen LogP contribution is 2.11. The number of carbonyl (C=O) groups is 1. The Morgan fingerprint density at radius 1 is 1.58 bits per heavy atom. The summed E-state index contributed by atoms with van der Waals surface area (Å²) in [6, 6.07) is 0.698. The zero-order valence-corrected chi connectivity index (χ0v) is 11.7. The molecule has 6 heteroatoms. The summed E-state index contributed by atoms with van der Waals surface area (Å²) in [5, 5.41) is 11.1. The van der Waals surface area contributed by atoms with E-state index in [1.807, 2.05) is 4.90 Å². The van der Waals surface area contributed by atoms with Gasteiger partial charge in [-0.2, -0.15) is 0 Å². The number of amides is 1. The van der Waals surface area contributed by atoms with E-state index >= 15 is 0 Å². The molecule has 106 valence electrons. The summed E-state index contributed by atoms with van der Waals surface area (Å²) in [6.07, 6.45) is 6.27. The van der Waals surface area contributed by atoms with E-state index in [-0.39, 0.29) is 11.9 Å². The molecule has 1 N–H and O–H groups in total. The molecule has 2 rings (SSSR count). The fraction of sp³-hybridized carbons (Fsp3) is 0.769. The Bertz CT molecular complexity index is 384. The van der Waals surface area contributed by atoms with Crippen molar-refractivity contribution < 1.29 is 4.79 Å². The lowest BCUT2D eigenvalue weighted by molar-refractivity contribution is -0.133. The van der Waals surface area contributed by atoms with Gasteiger partial charge in [-0.05, 0) is 33.2 Å². The van der Waals surface area contributed by atoms with Gasteiger partial charge < -0.3 is 10.2 Å². The molecule has 1 aliphatic rings. The van der Waals surface area contributed by atoms with Crippen LogP contribution < -0.4 is 5.32 Å². The van der Waals surface area contributed by atoms with Gasteiger partial charge in [-0.3, -0.25) is 9.48 Å². The van der Waals surface area contributed by atoms with Crippen molar-refractivity contribution in [3.05, 3.63) is 12.4 Å². The van der Waals surface area contributed by atoms with Gasteiger partial charge in [0.25, 0.3) is 0 Å². The minimum absolute atomic E-state index is 0.194. The minimum atomic E-state index is 0.194. The molecule has 1 unspecified atom stereocenters. The summed E-state index contributed by atoms with van der Waals surface area (Å²) in [6.45, 7) is 6.63. The number of hydrogen-bond donors (Lipinski definition) is 1. The van der Waals surface area contributed by atoms with Gasteiger partial charge in [0.15, 0.2) is 0 Å².